The van der Waals surface area contributed by atoms with Crippen LogP contribution in [0.3, 0.4) is 0 Å². The van der Waals surface area contributed by atoms with E-state index < -0.39 is 11.1 Å². The molecule has 2 atom stereocenters. The molecule has 3 heterocycles. The van der Waals surface area contributed by atoms with Crippen molar-refractivity contribution in [3.63, 3.8) is 0 Å². The van der Waals surface area contributed by atoms with Crippen LogP contribution in [0.1, 0.15) is 136 Å². The Labute approximate surface area is 390 Å². The maximum Gasteiger partial charge on any atom is 2.00 e. The number of ether oxygens (including phenoxy) is 2. The fourth-order valence-electron chi connectivity index (χ4n) is 9.10. The van der Waals surface area contributed by atoms with Gasteiger partial charge in [-0.25, -0.2) is 4.98 Å². The van der Waals surface area contributed by atoms with Crippen LogP contribution in [-0.4, -0.2) is 26.6 Å². The van der Waals surface area contributed by atoms with E-state index in [0.29, 0.717) is 17.4 Å². The summed E-state index contributed by atoms with van der Waals surface area (Å²) in [7, 11) is 0. The Balaban J connectivity index is 0.00000595. The van der Waals surface area contributed by atoms with Gasteiger partial charge < -0.3 is 14.0 Å². The molecule has 63 heavy (non-hydrogen) atoms. The number of fused-ring (bicyclic) bond motifs is 3. The minimum absolute atomic E-state index is 0. The van der Waals surface area contributed by atoms with Crippen molar-refractivity contribution in [3.8, 4) is 17.3 Å². The van der Waals surface area contributed by atoms with E-state index >= 15 is 0 Å². The average molecular weight is 1020 g/mol. The van der Waals surface area contributed by atoms with Gasteiger partial charge in [0.15, 0.2) is 0 Å². The van der Waals surface area contributed by atoms with Crippen molar-refractivity contribution in [2.45, 2.75) is 130 Å². The number of rotatable bonds is 7. The predicted molar refractivity (Wildman–Crippen MR) is 257 cm³/mol. The van der Waals surface area contributed by atoms with Crippen LogP contribution in [0.2, 0.25) is 0 Å². The van der Waals surface area contributed by atoms with E-state index in [1.807, 2.05) is 12.3 Å². The fraction of sp³-hybridized carbons (Fsp3) is 0.368. The molecular formula is C57H63N3O2Pt. The van der Waals surface area contributed by atoms with Crippen molar-refractivity contribution < 1.29 is 30.5 Å². The summed E-state index contributed by atoms with van der Waals surface area (Å²) in [6.45, 7) is 31.4. The van der Waals surface area contributed by atoms with Crippen LogP contribution >= 0.6 is 0 Å². The molecule has 0 fully saturated rings. The number of nitrogens with zero attached hydrogens (tertiary/aromatic N) is 3. The summed E-state index contributed by atoms with van der Waals surface area (Å²) < 4.78 is 16.4. The maximum absolute atomic E-state index is 7.28. The van der Waals surface area contributed by atoms with Gasteiger partial charge in [0.05, 0.1) is 0 Å². The third kappa shape index (κ3) is 8.43. The van der Waals surface area contributed by atoms with Crippen molar-refractivity contribution in [1.82, 2.24) is 9.55 Å². The zero-order valence-electron chi connectivity index (χ0n) is 39.6. The Hall–Kier alpha value is -4.99. The van der Waals surface area contributed by atoms with E-state index in [1.165, 1.54) is 22.3 Å². The normalized spacial score (nSPS) is 18.4. The minimum Gasteiger partial charge on any atom is -0.511 e. The van der Waals surface area contributed by atoms with Gasteiger partial charge in [-0.05, 0) is 75.9 Å². The number of pyridine rings is 1. The van der Waals surface area contributed by atoms with Gasteiger partial charge in [-0.15, -0.1) is 29.1 Å². The monoisotopic (exact) mass is 1020 g/mol. The zero-order chi connectivity index (χ0) is 44.6. The molecule has 0 amide bonds. The first-order chi connectivity index (χ1) is 29.0. The van der Waals surface area contributed by atoms with Crippen molar-refractivity contribution in [2.24, 2.45) is 10.4 Å². The molecule has 1 aliphatic heterocycles. The third-order valence-corrected chi connectivity index (χ3v) is 13.4. The molecule has 5 nitrogen and oxygen atoms in total. The summed E-state index contributed by atoms with van der Waals surface area (Å²) in [6.07, 6.45) is 1.91. The standard InChI is InChI=1S/C57H63N3O2.Pt/c1-52(2,3)40-25-28-47-46(34-40)45-27-26-43(36-48(45)60(47)49-35-41(29-30-58-49)53(4,5)6)61-44-32-39(31-42(33-44)54(7,8)9)51-59-56(13,57(14,62-51)55(10,11)12)50(37-21-17-15-18-22-37)38-23-19-16-20-24-38;/h15-31,33-35,50H,1-14H3;/q-2;+2/t56-,57-;/m1./s1. The summed E-state index contributed by atoms with van der Waals surface area (Å²) in [4.78, 5) is 10.6. The smallest absolute Gasteiger partial charge is 0.511 e. The zero-order valence-corrected chi connectivity index (χ0v) is 41.9. The number of hydrogen-bond acceptors (Lipinski definition) is 4. The van der Waals surface area contributed by atoms with Crippen LogP contribution in [0.15, 0.2) is 126 Å². The van der Waals surface area contributed by atoms with Gasteiger partial charge in [0.1, 0.15) is 22.9 Å². The van der Waals surface area contributed by atoms with Gasteiger partial charge in [-0.1, -0.05) is 179 Å². The summed E-state index contributed by atoms with van der Waals surface area (Å²) >= 11 is 0. The summed E-state index contributed by atoms with van der Waals surface area (Å²) in [5.41, 5.74) is 6.75. The van der Waals surface area contributed by atoms with Crippen molar-refractivity contribution in [1.29, 1.82) is 0 Å². The second kappa shape index (κ2) is 16.2. The Morgan fingerprint density at radius 2 is 1.19 bits per heavy atom. The maximum atomic E-state index is 7.28. The predicted octanol–water partition coefficient (Wildman–Crippen LogP) is 14.6. The number of benzene rings is 5. The Bertz CT molecular complexity index is 2770. The first-order valence-corrected chi connectivity index (χ1v) is 22.1. The van der Waals surface area contributed by atoms with E-state index in [2.05, 4.69) is 223 Å². The van der Waals surface area contributed by atoms with Gasteiger partial charge in [0.25, 0.3) is 0 Å². The number of aromatic nitrogens is 2. The molecule has 5 aromatic carbocycles. The molecule has 0 N–H and O–H groups in total. The average Bonchev–Trinajstić information content (AvgIpc) is 3.68. The van der Waals surface area contributed by atoms with Gasteiger partial charge in [-0.3, -0.25) is 4.99 Å². The van der Waals surface area contributed by atoms with Crippen LogP contribution in [0.4, 0.5) is 0 Å². The van der Waals surface area contributed by atoms with E-state index in [4.69, 9.17) is 19.5 Å². The quantitative estimate of drug-likeness (QED) is 0.150. The number of aliphatic imine (C=N–C) groups is 1. The second-order valence-electron chi connectivity index (χ2n) is 21.8. The molecule has 0 aliphatic carbocycles. The van der Waals surface area contributed by atoms with Crippen molar-refractivity contribution in [3.05, 3.63) is 167 Å². The first kappa shape index (κ1) is 46.0. The summed E-state index contributed by atoms with van der Waals surface area (Å²) in [5.74, 6) is 2.50. The molecule has 0 unspecified atom stereocenters. The molecule has 6 heteroatoms. The fourth-order valence-corrected chi connectivity index (χ4v) is 9.10. The molecule has 0 spiro atoms. The van der Waals surface area contributed by atoms with E-state index in [0.717, 1.165) is 38.8 Å². The Kier molecular flexibility index (Phi) is 11.8. The first-order valence-electron chi connectivity index (χ1n) is 22.1. The van der Waals surface area contributed by atoms with Crippen LogP contribution in [-0.2, 0) is 42.0 Å². The molecule has 0 saturated heterocycles. The second-order valence-corrected chi connectivity index (χ2v) is 21.8. The van der Waals surface area contributed by atoms with E-state index in [-0.39, 0.29) is 48.6 Å². The van der Waals surface area contributed by atoms with Gasteiger partial charge >= 0.3 is 21.1 Å². The third-order valence-electron chi connectivity index (χ3n) is 13.4. The molecule has 1 aliphatic rings. The Morgan fingerprint density at radius 1 is 0.603 bits per heavy atom. The topological polar surface area (TPSA) is 48.6 Å². The number of hydrogen-bond donors (Lipinski definition) is 0. The van der Waals surface area contributed by atoms with E-state index in [1.54, 1.807) is 0 Å². The Morgan fingerprint density at radius 3 is 1.76 bits per heavy atom. The van der Waals surface area contributed by atoms with Crippen LogP contribution in [0.25, 0.3) is 27.6 Å². The van der Waals surface area contributed by atoms with Crippen molar-refractivity contribution >= 4 is 27.7 Å². The van der Waals surface area contributed by atoms with Crippen LogP contribution in [0, 0.1) is 17.5 Å². The van der Waals surface area contributed by atoms with Crippen molar-refractivity contribution in [2.75, 3.05) is 0 Å². The largest absolute Gasteiger partial charge is 2.00 e. The van der Waals surface area contributed by atoms with E-state index in [9.17, 15) is 0 Å². The molecule has 8 rings (SSSR count). The molecule has 328 valence electrons. The van der Waals surface area contributed by atoms with Crippen LogP contribution in [0.5, 0.6) is 11.5 Å². The minimum atomic E-state index is -0.713. The van der Waals surface area contributed by atoms with Crippen LogP contribution < -0.4 is 4.74 Å². The molecule has 0 saturated carbocycles. The summed E-state index contributed by atoms with van der Waals surface area (Å²) in [5, 5.41) is 2.25. The molecular weight excluding hydrogens is 954 g/mol. The van der Waals surface area contributed by atoms with Gasteiger partial charge in [-0.2, -0.15) is 6.07 Å². The van der Waals surface area contributed by atoms with Gasteiger partial charge in [0.2, 0.25) is 0 Å². The molecule has 0 bridgehead atoms. The summed E-state index contributed by atoms with van der Waals surface area (Å²) in [6, 6.07) is 48.4. The molecule has 2 aromatic heterocycles. The molecule has 7 aromatic rings. The SMILES string of the molecule is CC(C)(C)c1cc(Oc2[c-]c3c(cc2)c2cc(C(C)(C)C)ccc2n3-c2cc(C(C)(C)C)ccn2)[c-]c(C2=N[C@](C)(C(c3ccccc3)c3ccccc3)[C@@](C)(C(C)(C)C)O2)c1.[Pt+2]. The molecule has 0 radical (unpaired) electrons. The van der Waals surface area contributed by atoms with Gasteiger partial charge in [0, 0.05) is 34.5 Å².